The summed E-state index contributed by atoms with van der Waals surface area (Å²) in [5, 5.41) is 3.67. The normalized spacial score (nSPS) is 11.5. The standard InChI is InChI=1S/C10H6F3N3O/c11-10(12,13)7-3-8(5-14-4-7)16-2-1-9(17)6-15-16/h1-6H. The molecular weight excluding hydrogens is 235 g/mol. The first-order valence-electron chi connectivity index (χ1n) is 4.54. The van der Waals surface area contributed by atoms with Gasteiger partial charge in [-0.25, -0.2) is 4.68 Å². The third-order valence-electron chi connectivity index (χ3n) is 2.01. The molecule has 2 rings (SSSR count). The van der Waals surface area contributed by atoms with Gasteiger partial charge in [0.2, 0.25) is 0 Å². The largest absolute Gasteiger partial charge is 0.417 e. The molecule has 0 radical (unpaired) electrons. The zero-order chi connectivity index (χ0) is 12.5. The first kappa shape index (κ1) is 11.3. The highest BCUT2D eigenvalue weighted by atomic mass is 19.4. The third kappa shape index (κ3) is 2.49. The molecule has 0 aromatic carbocycles. The van der Waals surface area contributed by atoms with Crippen LogP contribution in [0.15, 0.2) is 41.7 Å². The molecule has 0 aliphatic rings. The summed E-state index contributed by atoms with van der Waals surface area (Å²) in [7, 11) is 0. The highest BCUT2D eigenvalue weighted by Gasteiger charge is 2.31. The molecule has 0 saturated carbocycles. The van der Waals surface area contributed by atoms with Gasteiger partial charge in [-0.2, -0.15) is 18.3 Å². The van der Waals surface area contributed by atoms with Gasteiger partial charge in [0.25, 0.3) is 0 Å². The number of pyridine rings is 1. The van der Waals surface area contributed by atoms with Crippen LogP contribution in [0.25, 0.3) is 5.69 Å². The van der Waals surface area contributed by atoms with Gasteiger partial charge < -0.3 is 0 Å². The molecule has 0 aliphatic heterocycles. The summed E-state index contributed by atoms with van der Waals surface area (Å²) >= 11 is 0. The van der Waals surface area contributed by atoms with Crippen molar-refractivity contribution in [3.05, 3.63) is 52.7 Å². The Balaban J connectivity index is 2.47. The number of hydrogen-bond acceptors (Lipinski definition) is 3. The van der Waals surface area contributed by atoms with E-state index in [4.69, 9.17) is 0 Å². The van der Waals surface area contributed by atoms with E-state index in [-0.39, 0.29) is 11.1 Å². The lowest BCUT2D eigenvalue weighted by molar-refractivity contribution is -0.137. The zero-order valence-electron chi connectivity index (χ0n) is 8.35. The lowest BCUT2D eigenvalue weighted by Crippen LogP contribution is -2.10. The molecule has 4 nitrogen and oxygen atoms in total. The van der Waals surface area contributed by atoms with Gasteiger partial charge in [0, 0.05) is 18.5 Å². The molecule has 0 atom stereocenters. The summed E-state index contributed by atoms with van der Waals surface area (Å²) in [5.74, 6) is 0. The van der Waals surface area contributed by atoms with E-state index < -0.39 is 11.7 Å². The van der Waals surface area contributed by atoms with Gasteiger partial charge in [0.05, 0.1) is 23.6 Å². The van der Waals surface area contributed by atoms with Crippen LogP contribution in [-0.4, -0.2) is 14.8 Å². The smallest absolute Gasteiger partial charge is 0.288 e. The average Bonchev–Trinajstić information content (AvgIpc) is 2.29. The summed E-state index contributed by atoms with van der Waals surface area (Å²) in [5.41, 5.74) is -1.04. The highest BCUT2D eigenvalue weighted by molar-refractivity contribution is 5.32. The third-order valence-corrected chi connectivity index (χ3v) is 2.01. The molecule has 7 heteroatoms. The fourth-order valence-corrected chi connectivity index (χ4v) is 1.21. The molecule has 88 valence electrons. The monoisotopic (exact) mass is 241 g/mol. The average molecular weight is 241 g/mol. The first-order chi connectivity index (χ1) is 7.97. The number of aromatic nitrogens is 3. The minimum atomic E-state index is -4.46. The van der Waals surface area contributed by atoms with Crippen molar-refractivity contribution in [2.24, 2.45) is 0 Å². The molecule has 2 aromatic rings. The summed E-state index contributed by atoms with van der Waals surface area (Å²) in [6.45, 7) is 0. The maximum atomic E-state index is 12.4. The van der Waals surface area contributed by atoms with Crippen molar-refractivity contribution >= 4 is 0 Å². The Morgan fingerprint density at radius 3 is 2.53 bits per heavy atom. The Morgan fingerprint density at radius 1 is 1.18 bits per heavy atom. The van der Waals surface area contributed by atoms with E-state index in [0.717, 1.165) is 23.1 Å². The highest BCUT2D eigenvalue weighted by Crippen LogP contribution is 2.29. The van der Waals surface area contributed by atoms with Crippen LogP contribution in [0.2, 0.25) is 0 Å². The molecular formula is C10H6F3N3O. The van der Waals surface area contributed by atoms with E-state index in [2.05, 4.69) is 10.1 Å². The van der Waals surface area contributed by atoms with Crippen LogP contribution in [0.1, 0.15) is 5.56 Å². The Bertz CT molecular complexity index is 571. The van der Waals surface area contributed by atoms with Gasteiger partial charge in [0.1, 0.15) is 0 Å². The van der Waals surface area contributed by atoms with E-state index in [1.54, 1.807) is 0 Å². The zero-order valence-corrected chi connectivity index (χ0v) is 8.35. The van der Waals surface area contributed by atoms with E-state index in [1.807, 2.05) is 0 Å². The lowest BCUT2D eigenvalue weighted by Gasteiger charge is -2.08. The summed E-state index contributed by atoms with van der Waals surface area (Å²) < 4.78 is 38.4. The van der Waals surface area contributed by atoms with Crippen molar-refractivity contribution in [2.75, 3.05) is 0 Å². The quantitative estimate of drug-likeness (QED) is 0.762. The van der Waals surface area contributed by atoms with Crippen LogP contribution in [0.3, 0.4) is 0 Å². The SMILES string of the molecule is O=c1ccn(-c2cncc(C(F)(F)F)c2)nc1. The Labute approximate surface area is 93.3 Å². The second-order valence-electron chi connectivity index (χ2n) is 3.24. The number of hydrogen-bond donors (Lipinski definition) is 0. The maximum Gasteiger partial charge on any atom is 0.417 e. The van der Waals surface area contributed by atoms with Gasteiger partial charge in [0.15, 0.2) is 5.43 Å². The number of alkyl halides is 3. The van der Waals surface area contributed by atoms with Crippen LogP contribution in [0.4, 0.5) is 13.2 Å². The van der Waals surface area contributed by atoms with E-state index >= 15 is 0 Å². The van der Waals surface area contributed by atoms with Crippen LogP contribution in [0, 0.1) is 0 Å². The molecule has 2 aromatic heterocycles. The van der Waals surface area contributed by atoms with Crippen LogP contribution in [-0.2, 0) is 6.18 Å². The second-order valence-corrected chi connectivity index (χ2v) is 3.24. The number of nitrogens with zero attached hydrogens (tertiary/aromatic N) is 3. The van der Waals surface area contributed by atoms with Gasteiger partial charge in [-0.05, 0) is 6.07 Å². The van der Waals surface area contributed by atoms with Crippen LogP contribution >= 0.6 is 0 Å². The van der Waals surface area contributed by atoms with Crippen molar-refractivity contribution in [1.29, 1.82) is 0 Å². The predicted octanol–water partition coefficient (Wildman–Crippen LogP) is 1.65. The number of halogens is 3. The summed E-state index contributed by atoms with van der Waals surface area (Å²) in [6, 6.07) is 2.11. The Kier molecular flexibility index (Phi) is 2.66. The second kappa shape index (κ2) is 4.00. The van der Waals surface area contributed by atoms with E-state index in [0.29, 0.717) is 0 Å². The molecule has 0 unspecified atom stereocenters. The van der Waals surface area contributed by atoms with E-state index in [9.17, 15) is 18.0 Å². The van der Waals surface area contributed by atoms with Crippen molar-refractivity contribution in [1.82, 2.24) is 14.8 Å². The van der Waals surface area contributed by atoms with Gasteiger partial charge in [-0.1, -0.05) is 0 Å². The first-order valence-corrected chi connectivity index (χ1v) is 4.54. The van der Waals surface area contributed by atoms with Crippen molar-refractivity contribution in [2.45, 2.75) is 6.18 Å². The van der Waals surface area contributed by atoms with Crippen molar-refractivity contribution < 1.29 is 13.2 Å². The van der Waals surface area contributed by atoms with Gasteiger partial charge in [-0.3, -0.25) is 9.78 Å². The summed E-state index contributed by atoms with van der Waals surface area (Å²) in [4.78, 5) is 14.3. The minimum absolute atomic E-state index is 0.139. The molecule has 0 aliphatic carbocycles. The van der Waals surface area contributed by atoms with Crippen molar-refractivity contribution in [3.8, 4) is 5.69 Å². The van der Waals surface area contributed by atoms with Gasteiger partial charge >= 0.3 is 6.18 Å². The fourth-order valence-electron chi connectivity index (χ4n) is 1.21. The molecule has 0 saturated heterocycles. The molecule has 0 spiro atoms. The molecule has 2 heterocycles. The molecule has 0 fully saturated rings. The van der Waals surface area contributed by atoms with Gasteiger partial charge in [-0.15, -0.1) is 0 Å². The Morgan fingerprint density at radius 2 is 1.94 bits per heavy atom. The maximum absolute atomic E-state index is 12.4. The van der Waals surface area contributed by atoms with Crippen LogP contribution in [0.5, 0.6) is 0 Å². The minimum Gasteiger partial charge on any atom is -0.288 e. The molecule has 0 N–H and O–H groups in total. The topological polar surface area (TPSA) is 47.8 Å². The fraction of sp³-hybridized carbons (Fsp3) is 0.100. The van der Waals surface area contributed by atoms with E-state index in [1.165, 1.54) is 18.5 Å². The summed E-state index contributed by atoms with van der Waals surface area (Å²) in [6.07, 6.45) is -0.208. The molecule has 17 heavy (non-hydrogen) atoms. The van der Waals surface area contributed by atoms with Crippen molar-refractivity contribution in [3.63, 3.8) is 0 Å². The Hall–Kier alpha value is -2.18. The number of rotatable bonds is 1. The molecule has 0 amide bonds. The predicted molar refractivity (Wildman–Crippen MR) is 52.6 cm³/mol. The van der Waals surface area contributed by atoms with Crippen LogP contribution < -0.4 is 5.43 Å². The lowest BCUT2D eigenvalue weighted by atomic mass is 10.2. The molecule has 0 bridgehead atoms.